The molecule has 0 aliphatic carbocycles. The summed E-state index contributed by atoms with van der Waals surface area (Å²) in [6.45, 7) is 6.38. The predicted octanol–water partition coefficient (Wildman–Crippen LogP) is 1.89. The first kappa shape index (κ1) is 13.0. The van der Waals surface area contributed by atoms with Crippen molar-refractivity contribution in [1.29, 1.82) is 0 Å². The molecule has 1 saturated heterocycles. The first-order valence-electron chi connectivity index (χ1n) is 5.98. The number of nitrogens with zero attached hydrogens (tertiary/aromatic N) is 1. The summed E-state index contributed by atoms with van der Waals surface area (Å²) in [7, 11) is 0. The van der Waals surface area contributed by atoms with Crippen molar-refractivity contribution in [2.75, 3.05) is 6.54 Å². The largest absolute Gasteiger partial charge is 0.479 e. The van der Waals surface area contributed by atoms with E-state index in [2.05, 4.69) is 0 Å². The standard InChI is InChI=1S/C12H21NO3/c1-4-12(11(15)16)6-5-7-13(12)10(14)8-9(2)3/h9H,4-8H2,1-3H3,(H,15,16). The van der Waals surface area contributed by atoms with Gasteiger partial charge in [-0.3, -0.25) is 4.79 Å². The fourth-order valence-corrected chi connectivity index (χ4v) is 2.44. The molecule has 4 heteroatoms. The third-order valence-electron chi connectivity index (χ3n) is 3.36. The normalized spacial score (nSPS) is 25.1. The molecule has 0 aromatic heterocycles. The van der Waals surface area contributed by atoms with Crippen molar-refractivity contribution in [1.82, 2.24) is 4.90 Å². The molecule has 1 atom stereocenters. The molecule has 0 spiro atoms. The van der Waals surface area contributed by atoms with Crippen molar-refractivity contribution in [3.63, 3.8) is 0 Å². The Morgan fingerprint density at radius 1 is 1.44 bits per heavy atom. The van der Waals surface area contributed by atoms with Gasteiger partial charge in [0.15, 0.2) is 0 Å². The van der Waals surface area contributed by atoms with E-state index in [9.17, 15) is 14.7 Å². The first-order chi connectivity index (χ1) is 7.44. The van der Waals surface area contributed by atoms with Crippen LogP contribution < -0.4 is 0 Å². The number of carboxylic acid groups (broad SMARTS) is 1. The molecular weight excluding hydrogens is 206 g/mol. The SMILES string of the molecule is CCC1(C(=O)O)CCCN1C(=O)CC(C)C. The molecular formula is C12H21NO3. The van der Waals surface area contributed by atoms with Gasteiger partial charge >= 0.3 is 5.97 Å². The van der Waals surface area contributed by atoms with Crippen LogP contribution >= 0.6 is 0 Å². The smallest absolute Gasteiger partial charge is 0.329 e. The van der Waals surface area contributed by atoms with Crippen molar-refractivity contribution in [3.05, 3.63) is 0 Å². The van der Waals surface area contributed by atoms with E-state index in [1.54, 1.807) is 4.90 Å². The van der Waals surface area contributed by atoms with E-state index in [0.717, 1.165) is 6.42 Å². The fraction of sp³-hybridized carbons (Fsp3) is 0.833. The molecule has 0 aromatic rings. The van der Waals surface area contributed by atoms with E-state index in [1.165, 1.54) is 0 Å². The number of carbonyl (C=O) groups is 2. The summed E-state index contributed by atoms with van der Waals surface area (Å²) in [5, 5.41) is 9.32. The maximum absolute atomic E-state index is 12.0. The lowest BCUT2D eigenvalue weighted by Gasteiger charge is -2.34. The summed E-state index contributed by atoms with van der Waals surface area (Å²) in [5.74, 6) is -0.599. The molecule has 0 bridgehead atoms. The molecule has 1 rings (SSSR count). The zero-order chi connectivity index (χ0) is 12.3. The molecule has 16 heavy (non-hydrogen) atoms. The van der Waals surface area contributed by atoms with Gasteiger partial charge in [0.1, 0.15) is 5.54 Å². The van der Waals surface area contributed by atoms with Crippen LogP contribution in [0, 0.1) is 5.92 Å². The van der Waals surface area contributed by atoms with Crippen molar-refractivity contribution < 1.29 is 14.7 Å². The lowest BCUT2D eigenvalue weighted by Crippen LogP contribution is -2.52. The van der Waals surface area contributed by atoms with Gasteiger partial charge < -0.3 is 10.0 Å². The predicted molar refractivity (Wildman–Crippen MR) is 61.1 cm³/mol. The zero-order valence-electron chi connectivity index (χ0n) is 10.3. The minimum atomic E-state index is -0.939. The van der Waals surface area contributed by atoms with Gasteiger partial charge in [0.05, 0.1) is 0 Å². The average molecular weight is 227 g/mol. The lowest BCUT2D eigenvalue weighted by atomic mass is 9.92. The second kappa shape index (κ2) is 4.85. The number of amides is 1. The number of likely N-dealkylation sites (tertiary alicyclic amines) is 1. The Hall–Kier alpha value is -1.06. The average Bonchev–Trinajstić information content (AvgIpc) is 2.60. The van der Waals surface area contributed by atoms with E-state index in [4.69, 9.17) is 0 Å². The molecule has 1 aliphatic rings. The Morgan fingerprint density at radius 2 is 2.06 bits per heavy atom. The maximum atomic E-state index is 12.0. The molecule has 1 amide bonds. The van der Waals surface area contributed by atoms with Crippen molar-refractivity contribution in [2.24, 2.45) is 5.92 Å². The number of hydrogen-bond acceptors (Lipinski definition) is 2. The van der Waals surface area contributed by atoms with Gasteiger partial charge in [0.2, 0.25) is 5.91 Å². The number of carbonyl (C=O) groups excluding carboxylic acids is 1. The molecule has 92 valence electrons. The maximum Gasteiger partial charge on any atom is 0.329 e. The second-order valence-electron chi connectivity index (χ2n) is 4.94. The molecule has 1 aliphatic heterocycles. The summed E-state index contributed by atoms with van der Waals surface area (Å²) in [5.41, 5.74) is -0.939. The number of hydrogen-bond donors (Lipinski definition) is 1. The quantitative estimate of drug-likeness (QED) is 0.797. The Bertz CT molecular complexity index is 288. The zero-order valence-corrected chi connectivity index (χ0v) is 10.3. The number of aliphatic carboxylic acids is 1. The molecule has 1 heterocycles. The van der Waals surface area contributed by atoms with Gasteiger partial charge in [-0.15, -0.1) is 0 Å². The molecule has 4 nitrogen and oxygen atoms in total. The molecule has 1 N–H and O–H groups in total. The summed E-state index contributed by atoms with van der Waals surface area (Å²) in [6, 6.07) is 0. The van der Waals surface area contributed by atoms with Crippen LogP contribution in [0.1, 0.15) is 46.5 Å². The van der Waals surface area contributed by atoms with Crippen molar-refractivity contribution in [3.8, 4) is 0 Å². The molecule has 1 unspecified atom stereocenters. The molecule has 0 saturated carbocycles. The molecule has 0 radical (unpaired) electrons. The van der Waals surface area contributed by atoms with Crippen LogP contribution in [0.5, 0.6) is 0 Å². The van der Waals surface area contributed by atoms with E-state index >= 15 is 0 Å². The van der Waals surface area contributed by atoms with Gasteiger partial charge in [-0.1, -0.05) is 20.8 Å². The Morgan fingerprint density at radius 3 is 2.50 bits per heavy atom. The summed E-state index contributed by atoms with van der Waals surface area (Å²) in [4.78, 5) is 24.9. The third-order valence-corrected chi connectivity index (χ3v) is 3.36. The van der Waals surface area contributed by atoms with Gasteiger partial charge in [0.25, 0.3) is 0 Å². The highest BCUT2D eigenvalue weighted by atomic mass is 16.4. The topological polar surface area (TPSA) is 57.6 Å². The number of carboxylic acids is 1. The highest BCUT2D eigenvalue weighted by molar-refractivity contribution is 5.87. The fourth-order valence-electron chi connectivity index (χ4n) is 2.44. The number of rotatable bonds is 4. The highest BCUT2D eigenvalue weighted by Gasteiger charge is 2.48. The third kappa shape index (κ3) is 2.20. The van der Waals surface area contributed by atoms with Gasteiger partial charge in [-0.05, 0) is 25.2 Å². The van der Waals surface area contributed by atoms with Crippen LogP contribution in [0.3, 0.4) is 0 Å². The van der Waals surface area contributed by atoms with Gasteiger partial charge in [-0.25, -0.2) is 4.79 Å². The first-order valence-corrected chi connectivity index (χ1v) is 5.98. The minimum absolute atomic E-state index is 0.0169. The molecule has 1 fully saturated rings. The Labute approximate surface area is 96.6 Å². The Balaban J connectivity index is 2.86. The highest BCUT2D eigenvalue weighted by Crippen LogP contribution is 2.33. The van der Waals surface area contributed by atoms with E-state index in [1.807, 2.05) is 20.8 Å². The van der Waals surface area contributed by atoms with Crippen LogP contribution in [0.4, 0.5) is 0 Å². The molecule has 0 aromatic carbocycles. The van der Waals surface area contributed by atoms with Crippen LogP contribution in [-0.2, 0) is 9.59 Å². The monoisotopic (exact) mass is 227 g/mol. The van der Waals surface area contributed by atoms with Crippen LogP contribution in [0.15, 0.2) is 0 Å². The summed E-state index contributed by atoms with van der Waals surface area (Å²) >= 11 is 0. The van der Waals surface area contributed by atoms with Crippen LogP contribution in [-0.4, -0.2) is 34.0 Å². The van der Waals surface area contributed by atoms with E-state index < -0.39 is 11.5 Å². The second-order valence-corrected chi connectivity index (χ2v) is 4.94. The van der Waals surface area contributed by atoms with Gasteiger partial charge in [-0.2, -0.15) is 0 Å². The van der Waals surface area contributed by atoms with Gasteiger partial charge in [0, 0.05) is 13.0 Å². The van der Waals surface area contributed by atoms with Crippen LogP contribution in [0.2, 0.25) is 0 Å². The van der Waals surface area contributed by atoms with Crippen LogP contribution in [0.25, 0.3) is 0 Å². The minimum Gasteiger partial charge on any atom is -0.479 e. The summed E-state index contributed by atoms with van der Waals surface area (Å²) in [6.07, 6.45) is 2.31. The van der Waals surface area contributed by atoms with E-state index in [0.29, 0.717) is 25.8 Å². The van der Waals surface area contributed by atoms with Crippen molar-refractivity contribution >= 4 is 11.9 Å². The lowest BCUT2D eigenvalue weighted by molar-refractivity contribution is -0.157. The van der Waals surface area contributed by atoms with Crippen molar-refractivity contribution in [2.45, 2.75) is 52.0 Å². The Kier molecular flexibility index (Phi) is 3.94. The summed E-state index contributed by atoms with van der Waals surface area (Å²) < 4.78 is 0. The van der Waals surface area contributed by atoms with E-state index in [-0.39, 0.29) is 11.8 Å².